The van der Waals surface area contributed by atoms with E-state index in [4.69, 9.17) is 10.5 Å². The van der Waals surface area contributed by atoms with Gasteiger partial charge in [0.1, 0.15) is 11.5 Å². The van der Waals surface area contributed by atoms with Crippen molar-refractivity contribution in [2.24, 2.45) is 5.92 Å². The molecule has 3 aromatic rings. The second-order valence-corrected chi connectivity index (χ2v) is 9.14. The van der Waals surface area contributed by atoms with Gasteiger partial charge in [-0.1, -0.05) is 80.4 Å². The molecule has 0 saturated heterocycles. The Morgan fingerprint density at radius 1 is 1.00 bits per heavy atom. The standard InChI is InChI=1S/C27H34N4O3/c1-20-10-8-9-15-23(20)34-17-16-30(18-21-11-4-2-5-12-21)24-25(28)31(27(33)29-26(24)32)19-22-13-6-3-7-14-22/h2-7,11-14,20,23H,8-10,15-19,28H2,1H3,(H,29,32,33). The molecule has 34 heavy (non-hydrogen) atoms. The highest BCUT2D eigenvalue weighted by atomic mass is 16.5. The van der Waals surface area contributed by atoms with Crippen LogP contribution in [0.25, 0.3) is 0 Å². The molecule has 1 aliphatic rings. The number of aromatic nitrogens is 2. The second kappa shape index (κ2) is 11.2. The first-order chi connectivity index (χ1) is 16.5. The number of hydrogen-bond acceptors (Lipinski definition) is 5. The van der Waals surface area contributed by atoms with Crippen LogP contribution in [0.15, 0.2) is 70.3 Å². The molecule has 180 valence electrons. The van der Waals surface area contributed by atoms with Crippen molar-refractivity contribution in [1.29, 1.82) is 0 Å². The molecule has 4 rings (SSSR count). The fourth-order valence-electron chi connectivity index (χ4n) is 4.72. The number of ether oxygens (including phenoxy) is 1. The van der Waals surface area contributed by atoms with Crippen molar-refractivity contribution < 1.29 is 4.74 Å². The fraction of sp³-hybridized carbons (Fsp3) is 0.407. The summed E-state index contributed by atoms with van der Waals surface area (Å²) in [5.74, 6) is 0.706. The normalized spacial score (nSPS) is 18.0. The lowest BCUT2D eigenvalue weighted by atomic mass is 9.88. The predicted molar refractivity (Wildman–Crippen MR) is 136 cm³/mol. The van der Waals surface area contributed by atoms with E-state index in [9.17, 15) is 9.59 Å². The van der Waals surface area contributed by atoms with Gasteiger partial charge in [-0.05, 0) is 29.9 Å². The molecule has 0 bridgehead atoms. The molecule has 0 aliphatic heterocycles. The van der Waals surface area contributed by atoms with Crippen LogP contribution in [-0.4, -0.2) is 28.8 Å². The summed E-state index contributed by atoms with van der Waals surface area (Å²) in [7, 11) is 0. The maximum absolute atomic E-state index is 13.0. The van der Waals surface area contributed by atoms with Gasteiger partial charge in [-0.15, -0.1) is 0 Å². The van der Waals surface area contributed by atoms with E-state index in [1.165, 1.54) is 23.8 Å². The highest BCUT2D eigenvalue weighted by Gasteiger charge is 2.23. The van der Waals surface area contributed by atoms with Crippen LogP contribution >= 0.6 is 0 Å². The molecular formula is C27H34N4O3. The molecule has 0 amide bonds. The zero-order valence-corrected chi connectivity index (χ0v) is 19.8. The molecule has 2 atom stereocenters. The summed E-state index contributed by atoms with van der Waals surface area (Å²) in [4.78, 5) is 30.0. The van der Waals surface area contributed by atoms with Crippen LogP contribution in [0.1, 0.15) is 43.7 Å². The quantitative estimate of drug-likeness (QED) is 0.505. The van der Waals surface area contributed by atoms with Crippen molar-refractivity contribution in [3.05, 3.63) is 92.6 Å². The van der Waals surface area contributed by atoms with Gasteiger partial charge in [0.15, 0.2) is 0 Å². The first-order valence-corrected chi connectivity index (χ1v) is 12.1. The first kappa shape index (κ1) is 23.8. The Morgan fingerprint density at radius 3 is 2.32 bits per heavy atom. The minimum atomic E-state index is -0.512. The van der Waals surface area contributed by atoms with Crippen molar-refractivity contribution in [2.45, 2.75) is 51.8 Å². The molecule has 0 spiro atoms. The number of nitrogens with zero attached hydrogens (tertiary/aromatic N) is 2. The molecule has 2 unspecified atom stereocenters. The van der Waals surface area contributed by atoms with E-state index in [1.54, 1.807) is 0 Å². The maximum atomic E-state index is 13.0. The Labute approximate surface area is 200 Å². The maximum Gasteiger partial charge on any atom is 0.330 e. The number of benzene rings is 2. The van der Waals surface area contributed by atoms with Crippen LogP contribution in [-0.2, 0) is 17.8 Å². The Balaban J connectivity index is 1.62. The number of nitrogens with one attached hydrogen (secondary N) is 1. The number of nitrogen functional groups attached to an aromatic ring is 1. The Morgan fingerprint density at radius 2 is 1.65 bits per heavy atom. The molecule has 1 aromatic heterocycles. The average Bonchev–Trinajstić information content (AvgIpc) is 2.84. The van der Waals surface area contributed by atoms with Crippen LogP contribution in [0.5, 0.6) is 0 Å². The highest BCUT2D eigenvalue weighted by Crippen LogP contribution is 2.26. The molecule has 1 saturated carbocycles. The fourth-order valence-corrected chi connectivity index (χ4v) is 4.72. The molecule has 3 N–H and O–H groups in total. The lowest BCUT2D eigenvalue weighted by Crippen LogP contribution is -2.40. The van der Waals surface area contributed by atoms with E-state index in [1.807, 2.05) is 65.6 Å². The molecule has 7 heteroatoms. The lowest BCUT2D eigenvalue weighted by molar-refractivity contribution is -0.00139. The number of aromatic amines is 1. The Hall–Kier alpha value is -3.32. The molecule has 2 aromatic carbocycles. The molecular weight excluding hydrogens is 428 g/mol. The first-order valence-electron chi connectivity index (χ1n) is 12.1. The predicted octanol–water partition coefficient (Wildman–Crippen LogP) is 3.77. The van der Waals surface area contributed by atoms with Gasteiger partial charge in [-0.2, -0.15) is 0 Å². The van der Waals surface area contributed by atoms with E-state index >= 15 is 0 Å². The molecule has 7 nitrogen and oxygen atoms in total. The number of H-pyrrole nitrogens is 1. The third kappa shape index (κ3) is 5.78. The molecule has 0 radical (unpaired) electrons. The number of anilines is 2. The zero-order chi connectivity index (χ0) is 23.9. The van der Waals surface area contributed by atoms with Crippen LogP contribution < -0.4 is 21.9 Å². The van der Waals surface area contributed by atoms with Crippen LogP contribution in [0.4, 0.5) is 11.5 Å². The van der Waals surface area contributed by atoms with Gasteiger partial charge in [0.2, 0.25) is 0 Å². The van der Waals surface area contributed by atoms with Gasteiger partial charge in [0.05, 0.1) is 19.3 Å². The zero-order valence-electron chi connectivity index (χ0n) is 19.8. The van der Waals surface area contributed by atoms with Crippen molar-refractivity contribution in [1.82, 2.24) is 9.55 Å². The number of rotatable bonds is 9. The topological polar surface area (TPSA) is 93.3 Å². The average molecular weight is 463 g/mol. The largest absolute Gasteiger partial charge is 0.383 e. The van der Waals surface area contributed by atoms with Crippen molar-refractivity contribution in [3.63, 3.8) is 0 Å². The molecule has 1 heterocycles. The molecule has 1 aliphatic carbocycles. The van der Waals surface area contributed by atoms with E-state index in [0.29, 0.717) is 31.3 Å². The van der Waals surface area contributed by atoms with Crippen LogP contribution in [0, 0.1) is 5.92 Å². The van der Waals surface area contributed by atoms with Crippen molar-refractivity contribution in [2.75, 3.05) is 23.8 Å². The summed E-state index contributed by atoms with van der Waals surface area (Å²) in [5, 5.41) is 0. The Kier molecular flexibility index (Phi) is 7.85. The van der Waals surface area contributed by atoms with Crippen molar-refractivity contribution >= 4 is 11.5 Å². The minimum Gasteiger partial charge on any atom is -0.383 e. The second-order valence-electron chi connectivity index (χ2n) is 9.14. The van der Waals surface area contributed by atoms with Gasteiger partial charge in [0.25, 0.3) is 5.56 Å². The summed E-state index contributed by atoms with van der Waals surface area (Å²) in [6.07, 6.45) is 4.96. The lowest BCUT2D eigenvalue weighted by Gasteiger charge is -2.31. The molecule has 1 fully saturated rings. The SMILES string of the molecule is CC1CCCCC1OCCN(Cc1ccccc1)c1c(N)n(Cc2ccccc2)c(=O)[nH]c1=O. The summed E-state index contributed by atoms with van der Waals surface area (Å²) >= 11 is 0. The third-order valence-corrected chi connectivity index (χ3v) is 6.66. The van der Waals surface area contributed by atoms with Crippen LogP contribution in [0.3, 0.4) is 0 Å². The van der Waals surface area contributed by atoms with E-state index < -0.39 is 11.2 Å². The monoisotopic (exact) mass is 462 g/mol. The summed E-state index contributed by atoms with van der Waals surface area (Å²) in [6, 6.07) is 19.5. The Bertz CT molecular complexity index is 1170. The summed E-state index contributed by atoms with van der Waals surface area (Å²) in [5.41, 5.74) is 7.78. The van der Waals surface area contributed by atoms with Gasteiger partial charge in [0, 0.05) is 13.1 Å². The summed E-state index contributed by atoms with van der Waals surface area (Å²) in [6.45, 7) is 3.99. The number of hydrogen-bond donors (Lipinski definition) is 2. The highest BCUT2D eigenvalue weighted by molar-refractivity contribution is 5.62. The van der Waals surface area contributed by atoms with Gasteiger partial charge in [-0.3, -0.25) is 14.3 Å². The van der Waals surface area contributed by atoms with E-state index in [2.05, 4.69) is 11.9 Å². The smallest absolute Gasteiger partial charge is 0.330 e. The van der Waals surface area contributed by atoms with Crippen LogP contribution in [0.2, 0.25) is 0 Å². The van der Waals surface area contributed by atoms with Crippen molar-refractivity contribution in [3.8, 4) is 0 Å². The van der Waals surface area contributed by atoms with Gasteiger partial charge >= 0.3 is 5.69 Å². The van der Waals surface area contributed by atoms with Gasteiger partial charge < -0.3 is 15.4 Å². The number of nitrogens with two attached hydrogens (primary N) is 1. The van der Waals surface area contributed by atoms with Gasteiger partial charge in [-0.25, -0.2) is 4.79 Å². The minimum absolute atomic E-state index is 0.166. The summed E-state index contributed by atoms with van der Waals surface area (Å²) < 4.78 is 7.68. The van der Waals surface area contributed by atoms with E-state index in [0.717, 1.165) is 17.5 Å². The third-order valence-electron chi connectivity index (χ3n) is 6.66. The van der Waals surface area contributed by atoms with E-state index in [-0.39, 0.29) is 18.5 Å².